The molecule has 248 valence electrons. The average Bonchev–Trinajstić information content (AvgIpc) is 3.07. The van der Waals surface area contributed by atoms with E-state index in [1.807, 2.05) is 28.0 Å². The minimum atomic E-state index is -0.473. The Hall–Kier alpha value is -2.49. The van der Waals surface area contributed by atoms with Gasteiger partial charge in [-0.1, -0.05) is 38.3 Å². The van der Waals surface area contributed by atoms with Gasteiger partial charge < -0.3 is 24.8 Å². The van der Waals surface area contributed by atoms with Gasteiger partial charge in [0.1, 0.15) is 6.04 Å². The van der Waals surface area contributed by atoms with Crippen LogP contribution in [0, 0.1) is 17.8 Å². The lowest BCUT2D eigenvalue weighted by molar-refractivity contribution is -0.151. The molecule has 9 nitrogen and oxygen atoms in total. The van der Waals surface area contributed by atoms with Crippen LogP contribution in [0.2, 0.25) is 0 Å². The third-order valence-electron chi connectivity index (χ3n) is 11.4. The molecule has 1 aromatic carbocycles. The molecule has 45 heavy (non-hydrogen) atoms. The van der Waals surface area contributed by atoms with Gasteiger partial charge in [0, 0.05) is 57.3 Å². The molecule has 5 fully saturated rings. The number of likely N-dealkylation sites (tertiary alicyclic amines) is 2. The molecule has 4 aliphatic heterocycles. The molecule has 0 radical (unpaired) electrons. The highest BCUT2D eigenvalue weighted by molar-refractivity contribution is 5.97. The number of amides is 3. The van der Waals surface area contributed by atoms with E-state index in [2.05, 4.69) is 28.1 Å². The fourth-order valence-electron chi connectivity index (χ4n) is 8.29. The van der Waals surface area contributed by atoms with E-state index in [1.165, 1.54) is 32.4 Å². The Morgan fingerprint density at radius 1 is 0.844 bits per heavy atom. The Morgan fingerprint density at radius 3 is 2.29 bits per heavy atom. The Labute approximate surface area is 270 Å². The maximum absolute atomic E-state index is 14.1. The molecule has 2 atom stereocenters. The largest absolute Gasteiger partial charge is 0.380 e. The van der Waals surface area contributed by atoms with Crippen LogP contribution in [0.4, 0.5) is 0 Å². The number of piperazine rings is 1. The summed E-state index contributed by atoms with van der Waals surface area (Å²) in [4.78, 5) is 49.8. The molecule has 1 aliphatic carbocycles. The van der Waals surface area contributed by atoms with Crippen LogP contribution in [-0.2, 0) is 14.3 Å². The molecule has 3 amide bonds. The second kappa shape index (κ2) is 15.4. The maximum Gasteiger partial charge on any atom is 0.251 e. The van der Waals surface area contributed by atoms with Crippen LogP contribution in [0.5, 0.6) is 0 Å². The van der Waals surface area contributed by atoms with E-state index in [4.69, 9.17) is 4.74 Å². The number of carbonyl (C=O) groups excluding carboxylic acids is 3. The predicted molar refractivity (Wildman–Crippen MR) is 175 cm³/mol. The summed E-state index contributed by atoms with van der Waals surface area (Å²) in [5.74, 6) is 1.30. The summed E-state index contributed by atoms with van der Waals surface area (Å²) in [5, 5.41) is 3.25. The number of nitrogens with one attached hydrogen (secondary N) is 1. The third kappa shape index (κ3) is 8.09. The summed E-state index contributed by atoms with van der Waals surface area (Å²) >= 11 is 0. The zero-order valence-corrected chi connectivity index (χ0v) is 27.5. The summed E-state index contributed by atoms with van der Waals surface area (Å²) < 4.78 is 5.25. The first-order valence-electron chi connectivity index (χ1n) is 18.0. The molecule has 0 bridgehead atoms. The van der Waals surface area contributed by atoms with Crippen molar-refractivity contribution in [3.05, 3.63) is 35.4 Å². The molecule has 4 heterocycles. The highest BCUT2D eigenvalue weighted by Gasteiger charge is 2.36. The Kier molecular flexibility index (Phi) is 11.1. The van der Waals surface area contributed by atoms with Crippen molar-refractivity contribution in [2.24, 2.45) is 17.8 Å². The van der Waals surface area contributed by atoms with Crippen molar-refractivity contribution in [2.75, 3.05) is 78.7 Å². The molecular formula is C36H55N5O4. The van der Waals surface area contributed by atoms with Crippen molar-refractivity contribution in [3.8, 4) is 0 Å². The Balaban J connectivity index is 1.06. The fraction of sp³-hybridized carbons (Fsp3) is 0.750. The number of piperidine rings is 2. The van der Waals surface area contributed by atoms with Crippen LogP contribution >= 0.6 is 0 Å². The number of rotatable bonds is 9. The molecule has 1 aromatic rings. The highest BCUT2D eigenvalue weighted by atomic mass is 16.5. The molecule has 0 spiro atoms. The molecule has 9 heteroatoms. The smallest absolute Gasteiger partial charge is 0.251 e. The number of hydrogen-bond acceptors (Lipinski definition) is 6. The molecule has 1 N–H and O–H groups in total. The molecule has 0 aromatic heterocycles. The first-order chi connectivity index (χ1) is 22.0. The van der Waals surface area contributed by atoms with Crippen molar-refractivity contribution in [2.45, 2.75) is 76.7 Å². The van der Waals surface area contributed by atoms with Crippen molar-refractivity contribution in [3.63, 3.8) is 0 Å². The second-order valence-corrected chi connectivity index (χ2v) is 14.3. The first-order valence-corrected chi connectivity index (χ1v) is 18.0. The summed E-state index contributed by atoms with van der Waals surface area (Å²) in [7, 11) is 0. The SMILES string of the molecule is CCN1CCC(CN2CCN(C(=O)C(NC(=O)c3cccc(C4CCCN(C(=O)C5COC5)C4)c3)C3CCCCC3)CC2)CC1. The zero-order chi connectivity index (χ0) is 31.2. The monoisotopic (exact) mass is 621 g/mol. The highest BCUT2D eigenvalue weighted by Crippen LogP contribution is 2.31. The van der Waals surface area contributed by atoms with E-state index >= 15 is 0 Å². The van der Waals surface area contributed by atoms with Gasteiger partial charge in [0.15, 0.2) is 0 Å². The van der Waals surface area contributed by atoms with Gasteiger partial charge >= 0.3 is 0 Å². The lowest BCUT2D eigenvalue weighted by Crippen LogP contribution is -2.57. The lowest BCUT2D eigenvalue weighted by Gasteiger charge is -2.40. The van der Waals surface area contributed by atoms with Gasteiger partial charge in [-0.15, -0.1) is 0 Å². The lowest BCUT2D eigenvalue weighted by atomic mass is 9.83. The van der Waals surface area contributed by atoms with Crippen LogP contribution in [0.3, 0.4) is 0 Å². The van der Waals surface area contributed by atoms with Crippen molar-refractivity contribution < 1.29 is 19.1 Å². The van der Waals surface area contributed by atoms with E-state index in [0.717, 1.165) is 95.8 Å². The van der Waals surface area contributed by atoms with E-state index in [9.17, 15) is 14.4 Å². The van der Waals surface area contributed by atoms with Gasteiger partial charge in [0.2, 0.25) is 11.8 Å². The number of carbonyl (C=O) groups is 3. The first kappa shape index (κ1) is 32.5. The van der Waals surface area contributed by atoms with Gasteiger partial charge in [0.05, 0.1) is 19.1 Å². The zero-order valence-electron chi connectivity index (χ0n) is 27.5. The second-order valence-electron chi connectivity index (χ2n) is 14.3. The number of benzene rings is 1. The Morgan fingerprint density at radius 2 is 1.60 bits per heavy atom. The van der Waals surface area contributed by atoms with Gasteiger partial charge in [-0.3, -0.25) is 19.3 Å². The minimum absolute atomic E-state index is 0.00188. The van der Waals surface area contributed by atoms with Crippen LogP contribution in [0.15, 0.2) is 24.3 Å². The van der Waals surface area contributed by atoms with Gasteiger partial charge in [-0.2, -0.15) is 0 Å². The van der Waals surface area contributed by atoms with E-state index in [1.54, 1.807) is 0 Å². The van der Waals surface area contributed by atoms with Gasteiger partial charge in [0.25, 0.3) is 5.91 Å². The Bertz CT molecular complexity index is 1150. The van der Waals surface area contributed by atoms with Crippen molar-refractivity contribution in [1.29, 1.82) is 0 Å². The molecular weight excluding hydrogens is 566 g/mol. The van der Waals surface area contributed by atoms with E-state index in [-0.39, 0.29) is 35.5 Å². The summed E-state index contributed by atoms with van der Waals surface area (Å²) in [5.41, 5.74) is 1.71. The molecule has 1 saturated carbocycles. The maximum atomic E-state index is 14.1. The fourth-order valence-corrected chi connectivity index (χ4v) is 8.29. The predicted octanol–water partition coefficient (Wildman–Crippen LogP) is 3.59. The quantitative estimate of drug-likeness (QED) is 0.454. The normalized spacial score (nSPS) is 25.5. The molecule has 6 rings (SSSR count). The van der Waals surface area contributed by atoms with Gasteiger partial charge in [-0.25, -0.2) is 0 Å². The third-order valence-corrected chi connectivity index (χ3v) is 11.4. The standard InChI is InChI=1S/C36H55N5O4/c1-2-38-16-13-27(14-17-38)23-39-18-20-40(21-19-39)36(44)33(28-8-4-3-5-9-28)37-34(42)30-11-6-10-29(22-30)31-12-7-15-41(24-31)35(43)32-25-45-26-32/h6,10-11,22,27-28,31-33H,2-5,7-9,12-21,23-26H2,1H3,(H,37,42). The van der Waals surface area contributed by atoms with Crippen LogP contribution in [0.1, 0.15) is 86.6 Å². The summed E-state index contributed by atoms with van der Waals surface area (Å²) in [6.45, 7) is 12.8. The van der Waals surface area contributed by atoms with Crippen LogP contribution in [0.25, 0.3) is 0 Å². The van der Waals surface area contributed by atoms with Crippen LogP contribution < -0.4 is 5.32 Å². The van der Waals surface area contributed by atoms with Crippen LogP contribution in [-0.4, -0.2) is 122 Å². The minimum Gasteiger partial charge on any atom is -0.380 e. The number of nitrogens with zero attached hydrogens (tertiary/aromatic N) is 4. The topological polar surface area (TPSA) is 85.4 Å². The summed E-state index contributed by atoms with van der Waals surface area (Å²) in [6.07, 6.45) is 9.94. The van der Waals surface area contributed by atoms with E-state index in [0.29, 0.717) is 25.3 Å². The van der Waals surface area contributed by atoms with Crippen molar-refractivity contribution >= 4 is 17.7 Å². The number of ether oxygens (including phenoxy) is 1. The van der Waals surface area contributed by atoms with Gasteiger partial charge in [-0.05, 0) is 87.7 Å². The summed E-state index contributed by atoms with van der Waals surface area (Å²) in [6, 6.07) is 7.42. The average molecular weight is 622 g/mol. The molecule has 4 saturated heterocycles. The number of hydrogen-bond donors (Lipinski definition) is 1. The van der Waals surface area contributed by atoms with E-state index < -0.39 is 6.04 Å². The molecule has 2 unspecified atom stereocenters. The van der Waals surface area contributed by atoms with Crippen molar-refractivity contribution in [1.82, 2.24) is 24.9 Å². The molecule has 5 aliphatic rings.